The van der Waals surface area contributed by atoms with Gasteiger partial charge in [-0.25, -0.2) is 0 Å². The summed E-state index contributed by atoms with van der Waals surface area (Å²) in [5.41, 5.74) is 0. The highest BCUT2D eigenvalue weighted by atomic mass is 32.1. The maximum absolute atomic E-state index is 9.06. The summed E-state index contributed by atoms with van der Waals surface area (Å²) in [5, 5.41) is 14.5. The van der Waals surface area contributed by atoms with Gasteiger partial charge in [0.05, 0.1) is 6.10 Å². The van der Waals surface area contributed by atoms with Gasteiger partial charge in [0.2, 0.25) is 0 Å². The van der Waals surface area contributed by atoms with E-state index >= 15 is 0 Å². The fourth-order valence-electron chi connectivity index (χ4n) is 1.15. The fourth-order valence-corrected chi connectivity index (χ4v) is 1.91. The Kier molecular flexibility index (Phi) is 4.42. The van der Waals surface area contributed by atoms with Gasteiger partial charge in [-0.15, -0.1) is 11.3 Å². The van der Waals surface area contributed by atoms with Gasteiger partial charge in [0.1, 0.15) is 0 Å². The Morgan fingerprint density at radius 2 is 2.31 bits per heavy atom. The minimum absolute atomic E-state index is 0.206. The summed E-state index contributed by atoms with van der Waals surface area (Å²) in [4.78, 5) is 1.35. The van der Waals surface area contributed by atoms with Gasteiger partial charge in [-0.2, -0.15) is 0 Å². The number of aliphatic hydroxyl groups is 1. The zero-order valence-corrected chi connectivity index (χ0v) is 8.97. The molecule has 0 radical (unpaired) electrons. The lowest BCUT2D eigenvalue weighted by molar-refractivity contribution is 0.182. The monoisotopic (exact) mass is 199 g/mol. The Morgan fingerprint density at radius 3 is 2.85 bits per heavy atom. The van der Waals surface area contributed by atoms with E-state index in [2.05, 4.69) is 29.8 Å². The lowest BCUT2D eigenvalue weighted by atomic mass is 10.2. The van der Waals surface area contributed by atoms with Gasteiger partial charge >= 0.3 is 0 Å². The molecule has 0 spiro atoms. The van der Waals surface area contributed by atoms with Gasteiger partial charge in [0, 0.05) is 10.9 Å². The first-order valence-electron chi connectivity index (χ1n) is 4.65. The number of nitrogens with one attached hydrogen (secondary N) is 1. The molecular weight excluding hydrogens is 182 g/mol. The third-order valence-corrected chi connectivity index (χ3v) is 3.04. The Hall–Kier alpha value is -0.380. The number of hydrogen-bond donors (Lipinski definition) is 2. The average Bonchev–Trinajstić information content (AvgIpc) is 2.55. The van der Waals surface area contributed by atoms with Crippen LogP contribution in [0.25, 0.3) is 0 Å². The SMILES string of the molecule is C[C@H](O)CCN[C@H](C)c1cccs1. The summed E-state index contributed by atoms with van der Waals surface area (Å²) in [6, 6.07) is 4.59. The molecule has 0 amide bonds. The Balaban J connectivity index is 2.22. The molecule has 0 fully saturated rings. The first-order chi connectivity index (χ1) is 6.20. The van der Waals surface area contributed by atoms with Crippen LogP contribution in [0.15, 0.2) is 17.5 Å². The third kappa shape index (κ3) is 3.89. The second-order valence-electron chi connectivity index (χ2n) is 3.33. The second-order valence-corrected chi connectivity index (χ2v) is 4.31. The zero-order chi connectivity index (χ0) is 9.68. The molecule has 1 aromatic rings. The van der Waals surface area contributed by atoms with E-state index in [-0.39, 0.29) is 6.10 Å². The highest BCUT2D eigenvalue weighted by molar-refractivity contribution is 7.10. The predicted octanol–water partition coefficient (Wildman–Crippen LogP) is 2.17. The van der Waals surface area contributed by atoms with E-state index in [0.717, 1.165) is 13.0 Å². The minimum Gasteiger partial charge on any atom is -0.393 e. The van der Waals surface area contributed by atoms with E-state index in [9.17, 15) is 0 Å². The van der Waals surface area contributed by atoms with Crippen LogP contribution >= 0.6 is 11.3 Å². The fraction of sp³-hybridized carbons (Fsp3) is 0.600. The van der Waals surface area contributed by atoms with Crippen molar-refractivity contribution in [1.29, 1.82) is 0 Å². The number of aliphatic hydroxyl groups excluding tert-OH is 1. The maximum Gasteiger partial charge on any atom is 0.0524 e. The van der Waals surface area contributed by atoms with Gasteiger partial charge in [-0.05, 0) is 38.3 Å². The summed E-state index contributed by atoms with van der Waals surface area (Å²) in [6.45, 7) is 4.84. The molecule has 2 atom stereocenters. The van der Waals surface area contributed by atoms with Crippen LogP contribution in [0.1, 0.15) is 31.2 Å². The van der Waals surface area contributed by atoms with Gasteiger partial charge < -0.3 is 10.4 Å². The van der Waals surface area contributed by atoms with E-state index < -0.39 is 0 Å². The van der Waals surface area contributed by atoms with Crippen LogP contribution in [-0.2, 0) is 0 Å². The van der Waals surface area contributed by atoms with E-state index in [1.54, 1.807) is 11.3 Å². The lowest BCUT2D eigenvalue weighted by Gasteiger charge is -2.12. The Bertz CT molecular complexity index is 221. The van der Waals surface area contributed by atoms with Crippen LogP contribution in [0.3, 0.4) is 0 Å². The van der Waals surface area contributed by atoms with Crippen molar-refractivity contribution in [2.45, 2.75) is 32.4 Å². The predicted molar refractivity (Wildman–Crippen MR) is 57.0 cm³/mol. The van der Waals surface area contributed by atoms with Crippen molar-refractivity contribution >= 4 is 11.3 Å². The summed E-state index contributed by atoms with van der Waals surface area (Å²) in [6.07, 6.45) is 0.610. The molecule has 13 heavy (non-hydrogen) atoms. The summed E-state index contributed by atoms with van der Waals surface area (Å²) in [7, 11) is 0. The van der Waals surface area contributed by atoms with Crippen molar-refractivity contribution in [3.8, 4) is 0 Å². The van der Waals surface area contributed by atoms with Crippen molar-refractivity contribution in [3.05, 3.63) is 22.4 Å². The molecule has 2 N–H and O–H groups in total. The summed E-state index contributed by atoms with van der Waals surface area (Å²) in [5.74, 6) is 0. The molecule has 2 nitrogen and oxygen atoms in total. The second kappa shape index (κ2) is 5.37. The normalized spacial score (nSPS) is 15.6. The molecule has 0 saturated carbocycles. The highest BCUT2D eigenvalue weighted by Gasteiger charge is 2.05. The highest BCUT2D eigenvalue weighted by Crippen LogP contribution is 2.17. The Morgan fingerprint density at radius 1 is 1.54 bits per heavy atom. The molecule has 0 saturated heterocycles. The molecular formula is C10H17NOS. The zero-order valence-electron chi connectivity index (χ0n) is 8.16. The van der Waals surface area contributed by atoms with E-state index in [1.165, 1.54) is 4.88 Å². The van der Waals surface area contributed by atoms with Crippen LogP contribution in [0.5, 0.6) is 0 Å². The topological polar surface area (TPSA) is 32.3 Å². The van der Waals surface area contributed by atoms with Crippen molar-refractivity contribution in [3.63, 3.8) is 0 Å². The third-order valence-electron chi connectivity index (χ3n) is 1.98. The lowest BCUT2D eigenvalue weighted by Crippen LogP contribution is -2.21. The maximum atomic E-state index is 9.06. The number of thiophene rings is 1. The molecule has 0 aromatic carbocycles. The molecule has 74 valence electrons. The van der Waals surface area contributed by atoms with Crippen molar-refractivity contribution in [2.24, 2.45) is 0 Å². The summed E-state index contributed by atoms with van der Waals surface area (Å²) < 4.78 is 0. The molecule has 1 rings (SSSR count). The smallest absolute Gasteiger partial charge is 0.0524 e. The van der Waals surface area contributed by atoms with Crippen LogP contribution < -0.4 is 5.32 Å². The van der Waals surface area contributed by atoms with Crippen LogP contribution in [0, 0.1) is 0 Å². The molecule has 0 unspecified atom stereocenters. The van der Waals surface area contributed by atoms with Crippen LogP contribution in [0.2, 0.25) is 0 Å². The Labute approximate surface area is 83.6 Å². The average molecular weight is 199 g/mol. The number of hydrogen-bond acceptors (Lipinski definition) is 3. The van der Waals surface area contributed by atoms with E-state index in [0.29, 0.717) is 6.04 Å². The first-order valence-corrected chi connectivity index (χ1v) is 5.53. The standard InChI is InChI=1S/C10H17NOS/c1-8(12)5-6-11-9(2)10-4-3-7-13-10/h3-4,7-9,11-12H,5-6H2,1-2H3/t8-,9+/m0/s1. The number of rotatable bonds is 5. The molecule has 0 bridgehead atoms. The van der Waals surface area contributed by atoms with Gasteiger partial charge in [-0.1, -0.05) is 6.07 Å². The van der Waals surface area contributed by atoms with Crippen molar-refractivity contribution in [2.75, 3.05) is 6.54 Å². The molecule has 3 heteroatoms. The van der Waals surface area contributed by atoms with Crippen LogP contribution in [-0.4, -0.2) is 17.8 Å². The quantitative estimate of drug-likeness (QED) is 0.761. The van der Waals surface area contributed by atoms with Crippen molar-refractivity contribution in [1.82, 2.24) is 5.32 Å². The van der Waals surface area contributed by atoms with Gasteiger partial charge in [0.15, 0.2) is 0 Å². The van der Waals surface area contributed by atoms with Crippen molar-refractivity contribution < 1.29 is 5.11 Å². The van der Waals surface area contributed by atoms with Crippen LogP contribution in [0.4, 0.5) is 0 Å². The molecule has 0 aliphatic heterocycles. The minimum atomic E-state index is -0.206. The van der Waals surface area contributed by atoms with Gasteiger partial charge in [-0.3, -0.25) is 0 Å². The van der Waals surface area contributed by atoms with E-state index in [1.807, 2.05) is 6.92 Å². The molecule has 1 aromatic heterocycles. The van der Waals surface area contributed by atoms with E-state index in [4.69, 9.17) is 5.11 Å². The molecule has 1 heterocycles. The molecule has 0 aliphatic rings. The largest absolute Gasteiger partial charge is 0.393 e. The molecule has 0 aliphatic carbocycles. The first kappa shape index (κ1) is 10.7. The summed E-state index contributed by atoms with van der Waals surface area (Å²) >= 11 is 1.76. The van der Waals surface area contributed by atoms with Gasteiger partial charge in [0.25, 0.3) is 0 Å².